The SMILES string of the molecule is COc1ccsc1C(=O)Nc1cccc(N2CCCC2=O)c1C. The number of ether oxygens (including phenoxy) is 1. The van der Waals surface area contributed by atoms with E-state index < -0.39 is 0 Å². The van der Waals surface area contributed by atoms with E-state index in [-0.39, 0.29) is 11.8 Å². The zero-order valence-electron chi connectivity index (χ0n) is 13.1. The number of hydrogen-bond donors (Lipinski definition) is 1. The van der Waals surface area contributed by atoms with Crippen molar-refractivity contribution < 1.29 is 14.3 Å². The molecule has 6 heteroatoms. The van der Waals surface area contributed by atoms with Crippen LogP contribution in [0.1, 0.15) is 28.1 Å². The number of carbonyl (C=O) groups is 2. The van der Waals surface area contributed by atoms with Crippen LogP contribution in [-0.4, -0.2) is 25.5 Å². The first-order valence-corrected chi connectivity index (χ1v) is 8.32. The van der Waals surface area contributed by atoms with E-state index >= 15 is 0 Å². The zero-order valence-corrected chi connectivity index (χ0v) is 13.9. The van der Waals surface area contributed by atoms with Gasteiger partial charge < -0.3 is 15.0 Å². The molecule has 0 saturated carbocycles. The summed E-state index contributed by atoms with van der Waals surface area (Å²) in [5.74, 6) is 0.498. The lowest BCUT2D eigenvalue weighted by atomic mass is 10.1. The molecule has 2 heterocycles. The minimum atomic E-state index is -0.204. The number of methoxy groups -OCH3 is 1. The molecule has 120 valence electrons. The summed E-state index contributed by atoms with van der Waals surface area (Å²) in [4.78, 5) is 26.7. The predicted octanol–water partition coefficient (Wildman–Crippen LogP) is 3.44. The first kappa shape index (κ1) is 15.6. The van der Waals surface area contributed by atoms with Gasteiger partial charge in [-0.3, -0.25) is 9.59 Å². The van der Waals surface area contributed by atoms with Crippen molar-refractivity contribution in [1.82, 2.24) is 0 Å². The van der Waals surface area contributed by atoms with E-state index in [4.69, 9.17) is 4.74 Å². The molecule has 0 atom stereocenters. The van der Waals surface area contributed by atoms with Gasteiger partial charge in [0.05, 0.1) is 7.11 Å². The number of benzene rings is 1. The number of carbonyl (C=O) groups excluding carboxylic acids is 2. The Kier molecular flexibility index (Phi) is 4.34. The van der Waals surface area contributed by atoms with E-state index in [0.29, 0.717) is 22.7 Å². The summed E-state index contributed by atoms with van der Waals surface area (Å²) in [7, 11) is 1.55. The molecule has 1 aliphatic heterocycles. The molecule has 0 unspecified atom stereocenters. The summed E-state index contributed by atoms with van der Waals surface area (Å²) in [6, 6.07) is 7.39. The van der Waals surface area contributed by atoms with Crippen molar-refractivity contribution in [3.63, 3.8) is 0 Å². The van der Waals surface area contributed by atoms with E-state index in [2.05, 4.69) is 5.32 Å². The minimum absolute atomic E-state index is 0.136. The highest BCUT2D eigenvalue weighted by Crippen LogP contribution is 2.31. The van der Waals surface area contributed by atoms with Gasteiger partial charge in [0.1, 0.15) is 10.6 Å². The van der Waals surface area contributed by atoms with Crippen LogP contribution in [0.5, 0.6) is 5.75 Å². The number of nitrogens with one attached hydrogen (secondary N) is 1. The molecule has 1 N–H and O–H groups in total. The summed E-state index contributed by atoms with van der Waals surface area (Å²) < 4.78 is 5.19. The molecule has 3 rings (SSSR count). The first-order chi connectivity index (χ1) is 11.1. The monoisotopic (exact) mass is 330 g/mol. The van der Waals surface area contributed by atoms with Crippen LogP contribution in [-0.2, 0) is 4.79 Å². The number of rotatable bonds is 4. The van der Waals surface area contributed by atoms with E-state index in [1.807, 2.05) is 30.5 Å². The standard InChI is InChI=1S/C17H18N2O3S/c1-11-12(18-17(21)16-14(22-2)8-10-23-16)5-3-6-13(11)19-9-4-7-15(19)20/h3,5-6,8,10H,4,7,9H2,1-2H3,(H,18,21). The van der Waals surface area contributed by atoms with Gasteiger partial charge in [0, 0.05) is 24.3 Å². The fourth-order valence-electron chi connectivity index (χ4n) is 2.76. The highest BCUT2D eigenvalue weighted by molar-refractivity contribution is 7.12. The van der Waals surface area contributed by atoms with Crippen LogP contribution in [0.2, 0.25) is 0 Å². The van der Waals surface area contributed by atoms with Gasteiger partial charge in [0.2, 0.25) is 5.91 Å². The van der Waals surface area contributed by atoms with Crippen LogP contribution in [0.25, 0.3) is 0 Å². The third-order valence-electron chi connectivity index (χ3n) is 3.97. The lowest BCUT2D eigenvalue weighted by Crippen LogP contribution is -2.25. The third kappa shape index (κ3) is 2.94. The van der Waals surface area contributed by atoms with Crippen molar-refractivity contribution in [2.24, 2.45) is 0 Å². The van der Waals surface area contributed by atoms with E-state index in [1.165, 1.54) is 11.3 Å². The van der Waals surface area contributed by atoms with Crippen LogP contribution in [0, 0.1) is 6.92 Å². The Balaban J connectivity index is 1.86. The number of amides is 2. The van der Waals surface area contributed by atoms with Crippen molar-refractivity contribution in [2.45, 2.75) is 19.8 Å². The molecule has 1 aliphatic rings. The molecule has 2 aromatic rings. The van der Waals surface area contributed by atoms with Gasteiger partial charge in [-0.25, -0.2) is 0 Å². The van der Waals surface area contributed by atoms with E-state index in [1.54, 1.807) is 18.1 Å². The van der Waals surface area contributed by atoms with Crippen molar-refractivity contribution in [3.8, 4) is 5.75 Å². The second kappa shape index (κ2) is 6.42. The normalized spacial score (nSPS) is 14.2. The molecular weight excluding hydrogens is 312 g/mol. The Morgan fingerprint density at radius 2 is 2.17 bits per heavy atom. The summed E-state index contributed by atoms with van der Waals surface area (Å²) in [6.45, 7) is 2.65. The number of nitrogens with zero attached hydrogens (tertiary/aromatic N) is 1. The fraction of sp³-hybridized carbons (Fsp3) is 0.294. The average molecular weight is 330 g/mol. The maximum atomic E-state index is 12.4. The third-order valence-corrected chi connectivity index (χ3v) is 4.87. The molecular formula is C17H18N2O3S. The first-order valence-electron chi connectivity index (χ1n) is 7.44. The van der Waals surface area contributed by atoms with Crippen LogP contribution >= 0.6 is 11.3 Å². The average Bonchev–Trinajstić information content (AvgIpc) is 3.18. The smallest absolute Gasteiger partial charge is 0.269 e. The maximum absolute atomic E-state index is 12.4. The molecule has 23 heavy (non-hydrogen) atoms. The minimum Gasteiger partial charge on any atom is -0.495 e. The quantitative estimate of drug-likeness (QED) is 0.934. The molecule has 1 fully saturated rings. The summed E-state index contributed by atoms with van der Waals surface area (Å²) in [5.41, 5.74) is 2.47. The highest BCUT2D eigenvalue weighted by atomic mass is 32.1. The molecule has 2 amide bonds. The lowest BCUT2D eigenvalue weighted by Gasteiger charge is -2.20. The highest BCUT2D eigenvalue weighted by Gasteiger charge is 2.24. The van der Waals surface area contributed by atoms with Gasteiger partial charge in [-0.2, -0.15) is 0 Å². The summed E-state index contributed by atoms with van der Waals surface area (Å²) >= 11 is 1.34. The number of anilines is 2. The van der Waals surface area contributed by atoms with Gasteiger partial charge in [-0.1, -0.05) is 6.07 Å². The van der Waals surface area contributed by atoms with E-state index in [0.717, 1.165) is 24.2 Å². The molecule has 0 aliphatic carbocycles. The Morgan fingerprint density at radius 1 is 1.35 bits per heavy atom. The van der Waals surface area contributed by atoms with Crippen molar-refractivity contribution in [1.29, 1.82) is 0 Å². The molecule has 5 nitrogen and oxygen atoms in total. The molecule has 1 aromatic carbocycles. The van der Waals surface area contributed by atoms with Crippen molar-refractivity contribution >= 4 is 34.5 Å². The second-order valence-corrected chi connectivity index (χ2v) is 6.29. The van der Waals surface area contributed by atoms with Crippen LogP contribution in [0.4, 0.5) is 11.4 Å². The van der Waals surface area contributed by atoms with Gasteiger partial charge in [0.15, 0.2) is 0 Å². The molecule has 0 radical (unpaired) electrons. The summed E-state index contributed by atoms with van der Waals surface area (Å²) in [6.07, 6.45) is 1.46. The lowest BCUT2D eigenvalue weighted by molar-refractivity contribution is -0.117. The van der Waals surface area contributed by atoms with Gasteiger partial charge in [-0.15, -0.1) is 11.3 Å². The summed E-state index contributed by atoms with van der Waals surface area (Å²) in [5, 5.41) is 4.74. The van der Waals surface area contributed by atoms with Crippen molar-refractivity contribution in [3.05, 3.63) is 40.1 Å². The molecule has 0 spiro atoms. The largest absolute Gasteiger partial charge is 0.495 e. The Morgan fingerprint density at radius 3 is 2.87 bits per heavy atom. The Bertz CT molecular complexity index is 754. The van der Waals surface area contributed by atoms with Gasteiger partial charge in [0.25, 0.3) is 5.91 Å². The van der Waals surface area contributed by atoms with Crippen LogP contribution < -0.4 is 15.0 Å². The second-order valence-electron chi connectivity index (χ2n) is 5.37. The zero-order chi connectivity index (χ0) is 16.4. The topological polar surface area (TPSA) is 58.6 Å². The molecule has 0 bridgehead atoms. The number of hydrogen-bond acceptors (Lipinski definition) is 4. The maximum Gasteiger partial charge on any atom is 0.269 e. The van der Waals surface area contributed by atoms with Crippen LogP contribution in [0.3, 0.4) is 0 Å². The van der Waals surface area contributed by atoms with Crippen LogP contribution in [0.15, 0.2) is 29.6 Å². The Hall–Kier alpha value is -2.34. The fourth-order valence-corrected chi connectivity index (χ4v) is 3.51. The van der Waals surface area contributed by atoms with E-state index in [9.17, 15) is 9.59 Å². The number of thiophene rings is 1. The molecule has 1 saturated heterocycles. The Labute approximate surface area is 138 Å². The van der Waals surface area contributed by atoms with Gasteiger partial charge in [-0.05, 0) is 42.5 Å². The molecule has 1 aromatic heterocycles. The predicted molar refractivity (Wildman–Crippen MR) is 91.6 cm³/mol. The van der Waals surface area contributed by atoms with Crippen molar-refractivity contribution in [2.75, 3.05) is 23.9 Å². The van der Waals surface area contributed by atoms with Gasteiger partial charge >= 0.3 is 0 Å².